The van der Waals surface area contributed by atoms with E-state index in [4.69, 9.17) is 9.73 Å². The molecule has 1 aromatic heterocycles. The normalized spacial score (nSPS) is 15.4. The Morgan fingerprint density at radius 3 is 2.75 bits per heavy atom. The molecule has 28 heavy (non-hydrogen) atoms. The van der Waals surface area contributed by atoms with E-state index >= 15 is 0 Å². The van der Waals surface area contributed by atoms with Crippen LogP contribution in [-0.2, 0) is 24.2 Å². The lowest BCUT2D eigenvalue weighted by Gasteiger charge is -2.26. The highest BCUT2D eigenvalue weighted by atomic mass is 16.5. The minimum atomic E-state index is 0.663. The van der Waals surface area contributed by atoms with Crippen LogP contribution in [0.25, 0.3) is 0 Å². The van der Waals surface area contributed by atoms with Crippen molar-refractivity contribution in [2.45, 2.75) is 26.4 Å². The van der Waals surface area contributed by atoms with Gasteiger partial charge in [0.2, 0.25) is 0 Å². The number of nitrogens with one attached hydrogen (secondary N) is 2. The summed E-state index contributed by atoms with van der Waals surface area (Å²) in [4.78, 5) is 11.5. The molecule has 1 aromatic carbocycles. The molecule has 0 unspecified atom stereocenters. The summed E-state index contributed by atoms with van der Waals surface area (Å²) in [5, 5.41) is 6.71. The van der Waals surface area contributed by atoms with E-state index in [1.54, 1.807) is 0 Å². The average Bonchev–Trinajstić information content (AvgIpc) is 2.74. The van der Waals surface area contributed by atoms with Gasteiger partial charge in [0.15, 0.2) is 5.96 Å². The monoisotopic (exact) mass is 381 g/mol. The van der Waals surface area contributed by atoms with E-state index in [1.165, 1.54) is 11.1 Å². The summed E-state index contributed by atoms with van der Waals surface area (Å²) in [6, 6.07) is 14.7. The first-order valence-electron chi connectivity index (χ1n) is 10.1. The van der Waals surface area contributed by atoms with Crippen LogP contribution in [0.1, 0.15) is 23.7 Å². The largest absolute Gasteiger partial charge is 0.379 e. The SMILES string of the molecule is CCNC(=NCc1cccc(CN2CCOCC2)c1)NCCc1ccccn1. The highest BCUT2D eigenvalue weighted by molar-refractivity contribution is 5.79. The lowest BCUT2D eigenvalue weighted by Crippen LogP contribution is -2.38. The van der Waals surface area contributed by atoms with E-state index in [2.05, 4.69) is 51.7 Å². The number of aromatic nitrogens is 1. The van der Waals surface area contributed by atoms with E-state index in [0.717, 1.165) is 64.0 Å². The zero-order valence-electron chi connectivity index (χ0n) is 16.7. The molecule has 6 nitrogen and oxygen atoms in total. The molecule has 0 bridgehead atoms. The molecule has 1 fully saturated rings. The minimum absolute atomic E-state index is 0.663. The summed E-state index contributed by atoms with van der Waals surface area (Å²) in [6.45, 7) is 9.05. The van der Waals surface area contributed by atoms with Crippen LogP contribution in [0.15, 0.2) is 53.7 Å². The number of hydrogen-bond donors (Lipinski definition) is 2. The van der Waals surface area contributed by atoms with Gasteiger partial charge in [-0.25, -0.2) is 4.99 Å². The van der Waals surface area contributed by atoms with Gasteiger partial charge >= 0.3 is 0 Å². The van der Waals surface area contributed by atoms with E-state index < -0.39 is 0 Å². The van der Waals surface area contributed by atoms with Gasteiger partial charge in [-0.05, 0) is 30.2 Å². The Balaban J connectivity index is 1.52. The van der Waals surface area contributed by atoms with Crippen LogP contribution in [0.4, 0.5) is 0 Å². The molecule has 1 aliphatic rings. The van der Waals surface area contributed by atoms with Crippen molar-refractivity contribution in [3.8, 4) is 0 Å². The van der Waals surface area contributed by atoms with Crippen LogP contribution in [0.5, 0.6) is 0 Å². The topological polar surface area (TPSA) is 61.8 Å². The molecule has 0 spiro atoms. The zero-order valence-corrected chi connectivity index (χ0v) is 16.7. The van der Waals surface area contributed by atoms with Crippen molar-refractivity contribution >= 4 is 5.96 Å². The fourth-order valence-corrected chi connectivity index (χ4v) is 3.21. The van der Waals surface area contributed by atoms with Crippen molar-refractivity contribution in [1.29, 1.82) is 0 Å². The molecule has 1 saturated heterocycles. The second-order valence-electron chi connectivity index (χ2n) is 6.90. The Hall–Kier alpha value is -2.44. The molecule has 3 rings (SSSR count). The third-order valence-corrected chi connectivity index (χ3v) is 4.66. The van der Waals surface area contributed by atoms with Crippen LogP contribution in [0.3, 0.4) is 0 Å². The summed E-state index contributed by atoms with van der Waals surface area (Å²) < 4.78 is 5.43. The number of nitrogens with zero attached hydrogens (tertiary/aromatic N) is 3. The third-order valence-electron chi connectivity index (χ3n) is 4.66. The van der Waals surface area contributed by atoms with E-state index in [1.807, 2.05) is 24.4 Å². The molecule has 0 aliphatic carbocycles. The number of guanidine groups is 1. The van der Waals surface area contributed by atoms with Crippen LogP contribution in [0.2, 0.25) is 0 Å². The van der Waals surface area contributed by atoms with Gasteiger partial charge in [0.05, 0.1) is 19.8 Å². The second kappa shape index (κ2) is 11.4. The van der Waals surface area contributed by atoms with Crippen molar-refractivity contribution in [3.63, 3.8) is 0 Å². The Bertz CT molecular complexity index is 729. The van der Waals surface area contributed by atoms with E-state index in [-0.39, 0.29) is 0 Å². The number of rotatable bonds is 8. The van der Waals surface area contributed by atoms with Gasteiger partial charge in [0, 0.05) is 51.0 Å². The van der Waals surface area contributed by atoms with Crippen LogP contribution in [-0.4, -0.2) is 55.2 Å². The number of morpholine rings is 1. The fraction of sp³-hybridized carbons (Fsp3) is 0.455. The number of aliphatic imine (C=N–C) groups is 1. The van der Waals surface area contributed by atoms with Gasteiger partial charge in [-0.1, -0.05) is 30.3 Å². The number of pyridine rings is 1. The average molecular weight is 382 g/mol. The number of ether oxygens (including phenoxy) is 1. The number of hydrogen-bond acceptors (Lipinski definition) is 4. The van der Waals surface area contributed by atoms with E-state index in [9.17, 15) is 0 Å². The van der Waals surface area contributed by atoms with Gasteiger partial charge in [-0.15, -0.1) is 0 Å². The second-order valence-corrected chi connectivity index (χ2v) is 6.90. The summed E-state index contributed by atoms with van der Waals surface area (Å²) in [5.74, 6) is 0.844. The van der Waals surface area contributed by atoms with Gasteiger partial charge < -0.3 is 15.4 Å². The summed E-state index contributed by atoms with van der Waals surface area (Å²) in [6.07, 6.45) is 2.71. The number of benzene rings is 1. The molecular formula is C22H31N5O. The lowest BCUT2D eigenvalue weighted by atomic mass is 10.1. The minimum Gasteiger partial charge on any atom is -0.379 e. The molecule has 150 valence electrons. The zero-order chi connectivity index (χ0) is 19.4. The molecule has 2 N–H and O–H groups in total. The Labute approximate surface area is 168 Å². The maximum Gasteiger partial charge on any atom is 0.191 e. The van der Waals surface area contributed by atoms with Crippen molar-refractivity contribution in [1.82, 2.24) is 20.5 Å². The molecule has 0 atom stereocenters. The molecule has 0 radical (unpaired) electrons. The smallest absolute Gasteiger partial charge is 0.191 e. The molecule has 2 heterocycles. The van der Waals surface area contributed by atoms with Crippen LogP contribution >= 0.6 is 0 Å². The maximum atomic E-state index is 5.43. The first kappa shape index (κ1) is 20.3. The fourth-order valence-electron chi connectivity index (χ4n) is 3.21. The molecule has 6 heteroatoms. The quantitative estimate of drug-likeness (QED) is 0.542. The van der Waals surface area contributed by atoms with Crippen LogP contribution < -0.4 is 10.6 Å². The predicted molar refractivity (Wildman–Crippen MR) is 113 cm³/mol. The van der Waals surface area contributed by atoms with Crippen LogP contribution in [0, 0.1) is 0 Å². The highest BCUT2D eigenvalue weighted by Gasteiger charge is 2.10. The van der Waals surface area contributed by atoms with Gasteiger partial charge in [0.1, 0.15) is 0 Å². The maximum absolute atomic E-state index is 5.43. The van der Waals surface area contributed by atoms with Gasteiger partial charge in [0.25, 0.3) is 0 Å². The Kier molecular flexibility index (Phi) is 8.27. The highest BCUT2D eigenvalue weighted by Crippen LogP contribution is 2.11. The summed E-state index contributed by atoms with van der Waals surface area (Å²) >= 11 is 0. The van der Waals surface area contributed by atoms with Gasteiger partial charge in [-0.3, -0.25) is 9.88 Å². The molecule has 1 aliphatic heterocycles. The molecule has 2 aromatic rings. The predicted octanol–water partition coefficient (Wildman–Crippen LogP) is 2.21. The lowest BCUT2D eigenvalue weighted by molar-refractivity contribution is 0.0342. The summed E-state index contributed by atoms with van der Waals surface area (Å²) in [7, 11) is 0. The van der Waals surface area contributed by atoms with E-state index in [0.29, 0.717) is 6.54 Å². The van der Waals surface area contributed by atoms with Crippen molar-refractivity contribution in [2.24, 2.45) is 4.99 Å². The van der Waals surface area contributed by atoms with Gasteiger partial charge in [-0.2, -0.15) is 0 Å². The van der Waals surface area contributed by atoms with Crippen molar-refractivity contribution in [2.75, 3.05) is 39.4 Å². The standard InChI is InChI=1S/C22H31N5O/c1-2-23-22(25-11-9-21-8-3-4-10-24-21)26-17-19-6-5-7-20(16-19)18-27-12-14-28-15-13-27/h3-8,10,16H,2,9,11-15,17-18H2,1H3,(H2,23,25,26). The third kappa shape index (κ3) is 6.94. The Morgan fingerprint density at radius 2 is 1.96 bits per heavy atom. The van der Waals surface area contributed by atoms with Crippen molar-refractivity contribution in [3.05, 3.63) is 65.5 Å². The first-order chi connectivity index (χ1) is 13.8. The molecule has 0 saturated carbocycles. The first-order valence-corrected chi connectivity index (χ1v) is 10.1. The molecule has 0 amide bonds. The Morgan fingerprint density at radius 1 is 1.11 bits per heavy atom. The summed E-state index contributed by atoms with van der Waals surface area (Å²) in [5.41, 5.74) is 3.65. The molecular weight excluding hydrogens is 350 g/mol. The van der Waals surface area contributed by atoms with Crippen molar-refractivity contribution < 1.29 is 4.74 Å².